The highest BCUT2D eigenvalue weighted by molar-refractivity contribution is 5.87. The summed E-state index contributed by atoms with van der Waals surface area (Å²) in [6.45, 7) is 6.21. The van der Waals surface area contributed by atoms with Crippen LogP contribution < -0.4 is 0 Å². The summed E-state index contributed by atoms with van der Waals surface area (Å²) in [6, 6.07) is 7.49. The number of benzene rings is 1. The average Bonchev–Trinajstić information content (AvgIpc) is 2.61. The number of carboxylic acid groups (broad SMARTS) is 1. The van der Waals surface area contributed by atoms with Gasteiger partial charge in [-0.25, -0.2) is 4.79 Å². The van der Waals surface area contributed by atoms with Gasteiger partial charge in [0.05, 0.1) is 5.56 Å². The molecule has 0 amide bonds. The van der Waals surface area contributed by atoms with Gasteiger partial charge in [-0.05, 0) is 54.7 Å². The van der Waals surface area contributed by atoms with Crippen molar-refractivity contribution in [1.29, 1.82) is 0 Å². The monoisotopic (exact) mass is 328 g/mol. The SMILES string of the molecule is C=CCC(c1ccc(C(=O)O)cc1)C1CCC(CCCCC)CC1. The molecule has 24 heavy (non-hydrogen) atoms. The zero-order valence-corrected chi connectivity index (χ0v) is 15.0. The summed E-state index contributed by atoms with van der Waals surface area (Å²) in [7, 11) is 0. The molecule has 0 aliphatic heterocycles. The number of unbranched alkanes of at least 4 members (excludes halogenated alkanes) is 2. The molecule has 1 aliphatic rings. The number of hydrogen-bond donors (Lipinski definition) is 1. The lowest BCUT2D eigenvalue weighted by molar-refractivity contribution is 0.0697. The second-order valence-corrected chi connectivity index (χ2v) is 7.33. The van der Waals surface area contributed by atoms with Crippen LogP contribution in [0, 0.1) is 11.8 Å². The number of allylic oxidation sites excluding steroid dienone is 1. The number of aromatic carboxylic acids is 1. The standard InChI is InChI=1S/C22H32O2/c1-3-5-6-8-17-9-11-18(12-10-17)21(7-4-2)19-13-15-20(16-14-19)22(23)24/h4,13-18,21H,2-3,5-12H2,1H3,(H,23,24). The van der Waals surface area contributed by atoms with Crippen molar-refractivity contribution in [2.75, 3.05) is 0 Å². The fourth-order valence-electron chi connectivity index (χ4n) is 4.22. The van der Waals surface area contributed by atoms with E-state index in [1.807, 2.05) is 18.2 Å². The molecule has 1 atom stereocenters. The molecular formula is C22H32O2. The van der Waals surface area contributed by atoms with Crippen molar-refractivity contribution in [3.8, 4) is 0 Å². The van der Waals surface area contributed by atoms with Gasteiger partial charge in [0, 0.05) is 0 Å². The molecule has 0 heterocycles. The van der Waals surface area contributed by atoms with Gasteiger partial charge in [-0.2, -0.15) is 0 Å². The molecule has 1 saturated carbocycles. The van der Waals surface area contributed by atoms with Crippen LogP contribution in [0.1, 0.15) is 86.6 Å². The van der Waals surface area contributed by atoms with E-state index < -0.39 is 5.97 Å². The van der Waals surface area contributed by atoms with Gasteiger partial charge in [0.2, 0.25) is 0 Å². The molecule has 0 aromatic heterocycles. The van der Waals surface area contributed by atoms with Gasteiger partial charge in [-0.15, -0.1) is 6.58 Å². The van der Waals surface area contributed by atoms with Crippen LogP contribution in [-0.2, 0) is 0 Å². The highest BCUT2D eigenvalue weighted by atomic mass is 16.4. The number of carboxylic acids is 1. The first-order valence-corrected chi connectivity index (χ1v) is 9.59. The zero-order chi connectivity index (χ0) is 17.4. The van der Waals surface area contributed by atoms with Crippen molar-refractivity contribution < 1.29 is 9.90 Å². The van der Waals surface area contributed by atoms with Crippen molar-refractivity contribution in [2.45, 2.75) is 70.6 Å². The van der Waals surface area contributed by atoms with Gasteiger partial charge in [-0.1, -0.05) is 63.7 Å². The van der Waals surface area contributed by atoms with Crippen LogP contribution in [0.25, 0.3) is 0 Å². The summed E-state index contributed by atoms with van der Waals surface area (Å²) < 4.78 is 0. The average molecular weight is 328 g/mol. The Morgan fingerprint density at radius 1 is 1.21 bits per heavy atom. The van der Waals surface area contributed by atoms with E-state index in [1.165, 1.54) is 56.9 Å². The normalized spacial score (nSPS) is 22.0. The molecule has 1 aromatic rings. The van der Waals surface area contributed by atoms with Crippen molar-refractivity contribution in [3.63, 3.8) is 0 Å². The first-order valence-electron chi connectivity index (χ1n) is 9.59. The second kappa shape index (κ2) is 9.66. The van der Waals surface area contributed by atoms with E-state index in [4.69, 9.17) is 5.11 Å². The maximum Gasteiger partial charge on any atom is 0.335 e. The maximum absolute atomic E-state index is 11.0. The minimum atomic E-state index is -0.852. The molecule has 1 aliphatic carbocycles. The van der Waals surface area contributed by atoms with E-state index in [0.29, 0.717) is 17.4 Å². The molecule has 1 aromatic carbocycles. The largest absolute Gasteiger partial charge is 0.478 e. The highest BCUT2D eigenvalue weighted by Gasteiger charge is 2.27. The molecule has 2 nitrogen and oxygen atoms in total. The molecule has 1 fully saturated rings. The van der Waals surface area contributed by atoms with Gasteiger partial charge in [0.25, 0.3) is 0 Å². The van der Waals surface area contributed by atoms with E-state index in [1.54, 1.807) is 12.1 Å². The van der Waals surface area contributed by atoms with Crippen LogP contribution in [0.2, 0.25) is 0 Å². The van der Waals surface area contributed by atoms with Crippen molar-refractivity contribution in [1.82, 2.24) is 0 Å². The summed E-state index contributed by atoms with van der Waals surface area (Å²) >= 11 is 0. The molecule has 132 valence electrons. The first-order chi connectivity index (χ1) is 11.7. The summed E-state index contributed by atoms with van der Waals surface area (Å²) in [5.41, 5.74) is 1.64. The molecule has 0 bridgehead atoms. The van der Waals surface area contributed by atoms with Crippen LogP contribution in [0.15, 0.2) is 36.9 Å². The van der Waals surface area contributed by atoms with Crippen LogP contribution in [0.3, 0.4) is 0 Å². The van der Waals surface area contributed by atoms with E-state index >= 15 is 0 Å². The molecule has 1 N–H and O–H groups in total. The predicted octanol–water partition coefficient (Wildman–Crippen LogP) is 6.43. The maximum atomic E-state index is 11.0. The van der Waals surface area contributed by atoms with Gasteiger partial charge in [0.15, 0.2) is 0 Å². The summed E-state index contributed by atoms with van der Waals surface area (Å²) in [5.74, 6) is 1.27. The van der Waals surface area contributed by atoms with Crippen LogP contribution in [0.5, 0.6) is 0 Å². The molecule has 1 unspecified atom stereocenters. The minimum absolute atomic E-state index is 0.371. The zero-order valence-electron chi connectivity index (χ0n) is 15.0. The molecular weight excluding hydrogens is 296 g/mol. The topological polar surface area (TPSA) is 37.3 Å². The Morgan fingerprint density at radius 3 is 2.42 bits per heavy atom. The Kier molecular flexibility index (Phi) is 7.55. The summed E-state index contributed by atoms with van der Waals surface area (Å²) in [6.07, 6.45) is 13.8. The Hall–Kier alpha value is -1.57. The third-order valence-corrected chi connectivity index (χ3v) is 5.68. The lowest BCUT2D eigenvalue weighted by Crippen LogP contribution is -2.20. The quantitative estimate of drug-likeness (QED) is 0.419. The van der Waals surface area contributed by atoms with Crippen molar-refractivity contribution in [2.24, 2.45) is 11.8 Å². The predicted molar refractivity (Wildman–Crippen MR) is 101 cm³/mol. The second-order valence-electron chi connectivity index (χ2n) is 7.33. The summed E-state index contributed by atoms with van der Waals surface area (Å²) in [4.78, 5) is 11.0. The fraction of sp³-hybridized carbons (Fsp3) is 0.591. The Bertz CT molecular complexity index is 509. The minimum Gasteiger partial charge on any atom is -0.478 e. The van der Waals surface area contributed by atoms with Gasteiger partial charge >= 0.3 is 5.97 Å². The number of hydrogen-bond acceptors (Lipinski definition) is 1. The Labute approximate surface area is 147 Å². The summed E-state index contributed by atoms with van der Waals surface area (Å²) in [5, 5.41) is 9.07. The molecule has 2 rings (SSSR count). The number of rotatable bonds is 9. The van der Waals surface area contributed by atoms with E-state index in [-0.39, 0.29) is 0 Å². The molecule has 0 spiro atoms. The third-order valence-electron chi connectivity index (χ3n) is 5.68. The molecule has 0 radical (unpaired) electrons. The van der Waals surface area contributed by atoms with Gasteiger partial charge < -0.3 is 5.11 Å². The highest BCUT2D eigenvalue weighted by Crippen LogP contribution is 2.41. The Balaban J connectivity index is 1.96. The number of carbonyl (C=O) groups is 1. The first kappa shape index (κ1) is 18.8. The van der Waals surface area contributed by atoms with Gasteiger partial charge in [0.1, 0.15) is 0 Å². The van der Waals surface area contributed by atoms with E-state index in [0.717, 1.165) is 12.3 Å². The van der Waals surface area contributed by atoms with Crippen LogP contribution in [0.4, 0.5) is 0 Å². The van der Waals surface area contributed by atoms with Crippen LogP contribution in [-0.4, -0.2) is 11.1 Å². The van der Waals surface area contributed by atoms with Crippen LogP contribution >= 0.6 is 0 Å². The lowest BCUT2D eigenvalue weighted by atomic mass is 9.71. The van der Waals surface area contributed by atoms with E-state index in [9.17, 15) is 4.79 Å². The Morgan fingerprint density at radius 2 is 1.88 bits per heavy atom. The molecule has 0 saturated heterocycles. The van der Waals surface area contributed by atoms with Crippen molar-refractivity contribution in [3.05, 3.63) is 48.0 Å². The van der Waals surface area contributed by atoms with Gasteiger partial charge in [-0.3, -0.25) is 0 Å². The lowest BCUT2D eigenvalue weighted by Gasteiger charge is -2.34. The molecule has 2 heteroatoms. The fourth-order valence-corrected chi connectivity index (χ4v) is 4.22. The van der Waals surface area contributed by atoms with Crippen molar-refractivity contribution >= 4 is 5.97 Å². The van der Waals surface area contributed by atoms with E-state index in [2.05, 4.69) is 13.5 Å². The third kappa shape index (κ3) is 5.22. The smallest absolute Gasteiger partial charge is 0.335 e.